The first-order chi connectivity index (χ1) is 22.9. The fraction of sp³-hybridized carbons (Fsp3) is 0.231. The largest absolute Gasteiger partial charge is 0.478 e. The van der Waals surface area contributed by atoms with Crippen LogP contribution in [-0.2, 0) is 31.1 Å². The maximum Gasteiger partial charge on any atom is 0.328 e. The zero-order valence-electron chi connectivity index (χ0n) is 26.1. The summed E-state index contributed by atoms with van der Waals surface area (Å²) >= 11 is 1.80. The molecule has 1 aliphatic rings. The minimum atomic E-state index is -1.26. The Morgan fingerprint density at radius 1 is 0.766 bits per heavy atom. The summed E-state index contributed by atoms with van der Waals surface area (Å²) in [6, 6.07) is 40.9. The third-order valence-corrected chi connectivity index (χ3v) is 8.89. The van der Waals surface area contributed by atoms with Gasteiger partial charge in [0.2, 0.25) is 0 Å². The summed E-state index contributed by atoms with van der Waals surface area (Å²) in [7, 11) is 0. The van der Waals surface area contributed by atoms with Crippen LogP contribution in [0.3, 0.4) is 0 Å². The maximum absolute atomic E-state index is 9.55. The summed E-state index contributed by atoms with van der Waals surface area (Å²) in [6.07, 6.45) is 3.28. The average molecular weight is 650 g/mol. The lowest BCUT2D eigenvalue weighted by atomic mass is 9.79. The Kier molecular flexibility index (Phi) is 12.1. The maximum atomic E-state index is 9.55. The lowest BCUT2D eigenvalue weighted by molar-refractivity contribution is -0.134. The Morgan fingerprint density at radius 2 is 1.32 bits per heavy atom. The van der Waals surface area contributed by atoms with Crippen molar-refractivity contribution in [1.29, 1.82) is 0 Å². The summed E-state index contributed by atoms with van der Waals surface area (Å²) < 4.78 is 14.4. The fourth-order valence-electron chi connectivity index (χ4n) is 5.75. The minimum Gasteiger partial charge on any atom is -0.478 e. The third-order valence-electron chi connectivity index (χ3n) is 7.99. The Balaban J connectivity index is 0.000000483. The van der Waals surface area contributed by atoms with Gasteiger partial charge in [0.05, 0.1) is 12.7 Å². The van der Waals surface area contributed by atoms with E-state index < -0.39 is 17.5 Å². The molecular formula is C39H39NO6S. The van der Waals surface area contributed by atoms with Crippen molar-refractivity contribution in [1.82, 2.24) is 4.90 Å². The zero-order chi connectivity index (χ0) is 32.9. The number of ether oxygens (including phenoxy) is 2. The van der Waals surface area contributed by atoms with Crippen LogP contribution in [0.15, 0.2) is 133 Å². The second kappa shape index (κ2) is 16.8. The Labute approximate surface area is 279 Å². The third kappa shape index (κ3) is 9.24. The number of carbonyl (C=O) groups is 2. The molecule has 1 aromatic heterocycles. The topological polar surface area (TPSA) is 96.3 Å². The van der Waals surface area contributed by atoms with Crippen molar-refractivity contribution < 1.29 is 29.3 Å². The molecule has 1 fully saturated rings. The van der Waals surface area contributed by atoms with Gasteiger partial charge in [-0.3, -0.25) is 4.90 Å². The van der Waals surface area contributed by atoms with Gasteiger partial charge in [-0.2, -0.15) is 0 Å². The molecule has 8 heteroatoms. The van der Waals surface area contributed by atoms with Crippen LogP contribution in [0.25, 0.3) is 10.1 Å². The second-order valence-electron chi connectivity index (χ2n) is 11.3. The number of aliphatic carboxylic acids is 2. The highest BCUT2D eigenvalue weighted by Gasteiger charge is 2.42. The normalized spacial score (nSPS) is 13.6. The molecule has 1 saturated heterocycles. The van der Waals surface area contributed by atoms with Gasteiger partial charge in [0.15, 0.2) is 0 Å². The molecule has 0 atom stereocenters. The van der Waals surface area contributed by atoms with Crippen LogP contribution >= 0.6 is 11.3 Å². The predicted molar refractivity (Wildman–Crippen MR) is 186 cm³/mol. The molecular weight excluding hydrogens is 610 g/mol. The molecule has 2 heterocycles. The van der Waals surface area contributed by atoms with E-state index in [-0.39, 0.29) is 6.10 Å². The number of likely N-dealkylation sites (tertiary alicyclic amines) is 1. The second-order valence-corrected chi connectivity index (χ2v) is 12.2. The molecule has 0 bridgehead atoms. The number of hydrogen-bond acceptors (Lipinski definition) is 6. The van der Waals surface area contributed by atoms with Crippen molar-refractivity contribution >= 4 is 33.4 Å². The number of thiophene rings is 1. The van der Waals surface area contributed by atoms with E-state index >= 15 is 0 Å². The molecule has 0 radical (unpaired) electrons. The number of rotatable bonds is 14. The van der Waals surface area contributed by atoms with Crippen LogP contribution in [-0.4, -0.2) is 66.0 Å². The molecule has 47 heavy (non-hydrogen) atoms. The van der Waals surface area contributed by atoms with E-state index in [4.69, 9.17) is 19.7 Å². The van der Waals surface area contributed by atoms with Crippen molar-refractivity contribution in [3.05, 3.63) is 155 Å². The molecule has 4 aromatic carbocycles. The van der Waals surface area contributed by atoms with Crippen LogP contribution in [0, 0.1) is 0 Å². The summed E-state index contributed by atoms with van der Waals surface area (Å²) in [6.45, 7) is 4.49. The van der Waals surface area contributed by atoms with Gasteiger partial charge >= 0.3 is 11.9 Å². The van der Waals surface area contributed by atoms with Crippen molar-refractivity contribution in [2.24, 2.45) is 0 Å². The first-order valence-corrected chi connectivity index (χ1v) is 16.6. The summed E-state index contributed by atoms with van der Waals surface area (Å²) in [5, 5.41) is 19.1. The van der Waals surface area contributed by atoms with E-state index in [1.54, 1.807) is 11.3 Å². The highest BCUT2D eigenvalue weighted by molar-refractivity contribution is 7.17. The van der Waals surface area contributed by atoms with Crippen molar-refractivity contribution in [2.45, 2.75) is 24.5 Å². The van der Waals surface area contributed by atoms with Crippen molar-refractivity contribution in [3.63, 3.8) is 0 Å². The monoisotopic (exact) mass is 649 g/mol. The molecule has 0 amide bonds. The minimum absolute atomic E-state index is 0.165. The number of fused-ring (bicyclic) bond motifs is 1. The molecule has 5 aromatic rings. The van der Waals surface area contributed by atoms with Gasteiger partial charge in [0.1, 0.15) is 5.60 Å². The van der Waals surface area contributed by atoms with E-state index in [1.807, 2.05) is 0 Å². The highest BCUT2D eigenvalue weighted by atomic mass is 32.1. The number of nitrogens with zero attached hydrogens (tertiary/aromatic N) is 1. The van der Waals surface area contributed by atoms with Gasteiger partial charge < -0.3 is 19.7 Å². The smallest absolute Gasteiger partial charge is 0.328 e. The summed E-state index contributed by atoms with van der Waals surface area (Å²) in [5.41, 5.74) is 4.19. The Bertz CT molecular complexity index is 1620. The first kappa shape index (κ1) is 33.8. The molecule has 0 unspecified atom stereocenters. The van der Waals surface area contributed by atoms with E-state index in [9.17, 15) is 9.59 Å². The molecule has 0 spiro atoms. The average Bonchev–Trinajstić information content (AvgIpc) is 3.56. The molecule has 0 aliphatic carbocycles. The highest BCUT2D eigenvalue weighted by Crippen LogP contribution is 2.42. The van der Waals surface area contributed by atoms with Crippen LogP contribution in [0.2, 0.25) is 0 Å². The number of hydrogen-bond donors (Lipinski definition) is 2. The van der Waals surface area contributed by atoms with Crippen LogP contribution in [0.1, 0.15) is 28.7 Å². The molecule has 7 nitrogen and oxygen atoms in total. The lowest BCUT2D eigenvalue weighted by Gasteiger charge is -2.46. The number of benzene rings is 4. The molecule has 1 aliphatic heterocycles. The quantitative estimate of drug-likeness (QED) is 0.0743. The first-order valence-electron chi connectivity index (χ1n) is 15.7. The van der Waals surface area contributed by atoms with Gasteiger partial charge in [-0.05, 0) is 58.0 Å². The van der Waals surface area contributed by atoms with Gasteiger partial charge in [-0.15, -0.1) is 11.3 Å². The summed E-state index contributed by atoms with van der Waals surface area (Å²) in [5.74, 6) is -2.51. The number of carboxylic acid groups (broad SMARTS) is 2. The van der Waals surface area contributed by atoms with Gasteiger partial charge in [-0.1, -0.05) is 103 Å². The van der Waals surface area contributed by atoms with E-state index in [2.05, 4.69) is 126 Å². The van der Waals surface area contributed by atoms with Gasteiger partial charge in [0.25, 0.3) is 0 Å². The molecule has 242 valence electrons. The fourth-order valence-corrected chi connectivity index (χ4v) is 6.52. The molecule has 2 N–H and O–H groups in total. The van der Waals surface area contributed by atoms with Crippen LogP contribution in [0.4, 0.5) is 0 Å². The predicted octanol–water partition coefficient (Wildman–Crippen LogP) is 7.26. The molecule has 6 rings (SSSR count). The SMILES string of the molecule is O=C(O)C=CC(=O)O.c1ccc(C(OC2CN(CCCOCCc3ccc4sccc4c3)C2)(c2ccccc2)c2ccccc2)cc1. The van der Waals surface area contributed by atoms with Crippen LogP contribution < -0.4 is 0 Å². The zero-order valence-corrected chi connectivity index (χ0v) is 26.9. The van der Waals surface area contributed by atoms with E-state index in [0.29, 0.717) is 12.2 Å². The van der Waals surface area contributed by atoms with E-state index in [0.717, 1.165) is 62.4 Å². The van der Waals surface area contributed by atoms with Gasteiger partial charge in [0, 0.05) is 43.1 Å². The van der Waals surface area contributed by atoms with Crippen LogP contribution in [0.5, 0.6) is 0 Å². The molecule has 0 saturated carbocycles. The van der Waals surface area contributed by atoms with Crippen molar-refractivity contribution in [3.8, 4) is 0 Å². The van der Waals surface area contributed by atoms with Gasteiger partial charge in [-0.25, -0.2) is 9.59 Å². The Morgan fingerprint density at radius 3 is 1.85 bits per heavy atom. The van der Waals surface area contributed by atoms with E-state index in [1.165, 1.54) is 15.6 Å². The standard InChI is InChI=1S/C35H35NO2S.C4H4O4/c1-4-11-30(12-5-1)35(31-13-6-2-7-14-31,32-15-8-3-9-16-32)38-33-26-36(27-33)21-10-22-37-23-19-28-17-18-34-29(25-28)20-24-39-34;5-3(6)1-2-4(7)8/h1-9,11-18,20,24-25,33H,10,19,21-23,26-27H2;1-2H,(H,5,6)(H,7,8). The summed E-state index contributed by atoms with van der Waals surface area (Å²) in [4.78, 5) is 21.6. The van der Waals surface area contributed by atoms with Crippen molar-refractivity contribution in [2.75, 3.05) is 32.8 Å². The Hall–Kier alpha value is -4.60. The lowest BCUT2D eigenvalue weighted by Crippen LogP contribution is -2.55. The number of carboxylic acids is 2.